The second-order valence-electron chi connectivity index (χ2n) is 22.6. The predicted octanol–water partition coefficient (Wildman–Crippen LogP) is 13.4. The lowest BCUT2D eigenvalue weighted by atomic mass is 9.47. The summed E-state index contributed by atoms with van der Waals surface area (Å²) in [5.41, 5.74) is 15.5. The number of rotatable bonds is 5. The fraction of sp³-hybridized carbons (Fsp3) is 0.267. The first-order chi connectivity index (χ1) is 31.7. The summed E-state index contributed by atoms with van der Waals surface area (Å²) in [6, 6.07) is 41.1. The Balaban J connectivity index is 1.31. The van der Waals surface area contributed by atoms with Gasteiger partial charge in [0.2, 0.25) is 5.88 Å². The molecule has 2 aromatic heterocycles. The number of fused-ring (bicyclic) bond motifs is 4. The molecule has 336 valence electrons. The van der Waals surface area contributed by atoms with Gasteiger partial charge in [-0.3, -0.25) is 9.55 Å². The number of aromatic nitrogens is 3. The Labute approximate surface area is 397 Å². The molecule has 7 aromatic rings. The number of aromatic hydroxyl groups is 1. The van der Waals surface area contributed by atoms with E-state index in [1.165, 1.54) is 16.7 Å². The highest BCUT2D eigenvalue weighted by atomic mass is 16.5. The summed E-state index contributed by atoms with van der Waals surface area (Å²) in [5.74, 6) is 2.18. The van der Waals surface area contributed by atoms with Crippen molar-refractivity contribution in [3.8, 4) is 62.2 Å². The van der Waals surface area contributed by atoms with Crippen molar-refractivity contribution < 1.29 is 9.84 Å². The number of phenols is 1. The van der Waals surface area contributed by atoms with E-state index in [4.69, 9.17) is 14.7 Å². The number of nitrogens with zero attached hydrogens (tertiary/aromatic N) is 4. The molecule has 3 aliphatic rings. The first-order valence-electron chi connectivity index (χ1n) is 23.7. The normalized spacial score (nSPS) is 14.5. The lowest BCUT2D eigenvalue weighted by molar-refractivity contribution is 0.309. The number of hydrogen-bond donors (Lipinski definition) is 1. The Kier molecular flexibility index (Phi) is 10.3. The van der Waals surface area contributed by atoms with Gasteiger partial charge in [-0.15, -0.1) is 0 Å². The highest BCUT2D eigenvalue weighted by Gasteiger charge is 2.48. The van der Waals surface area contributed by atoms with Crippen molar-refractivity contribution in [1.82, 2.24) is 19.3 Å². The summed E-state index contributed by atoms with van der Waals surface area (Å²) in [5, 5.41) is 12.7. The Bertz CT molecular complexity index is 3200. The van der Waals surface area contributed by atoms with Gasteiger partial charge in [0.05, 0.1) is 22.5 Å². The standard InChI is InChI=1S/C60H61BN4O2/c1-57(2,3)41-26-27-51(44(33-41)38-22-17-14-18-23-38)64-55(46-34-42(58(4,5)6)35-48(53(46)66)60(10,11)12)63-54-56(64)67-52-25-19-24-43-36-45-47(59(7,8)9)30-40(31-49(45)61(54)65(43)52)50-32-39(28-29-62-50)37-20-15-13-16-21-37/h13-36,66H,1-12H3. The van der Waals surface area contributed by atoms with Gasteiger partial charge >= 0.3 is 6.85 Å². The first kappa shape index (κ1) is 44.0. The predicted molar refractivity (Wildman–Crippen MR) is 279 cm³/mol. The molecule has 0 aliphatic carbocycles. The Morgan fingerprint density at radius 1 is 0.597 bits per heavy atom. The van der Waals surface area contributed by atoms with E-state index in [-0.39, 0.29) is 34.3 Å². The molecular weight excluding hydrogens is 819 g/mol. The number of pyridine rings is 1. The minimum atomic E-state index is -0.377. The maximum Gasteiger partial charge on any atom is 0.358 e. The van der Waals surface area contributed by atoms with Gasteiger partial charge in [0.15, 0.2) is 11.7 Å². The topological polar surface area (TPSA) is 63.4 Å². The number of phenolic OH excluding ortho intramolecular Hbond substituents is 1. The summed E-state index contributed by atoms with van der Waals surface area (Å²) >= 11 is 0. The largest absolute Gasteiger partial charge is 0.507 e. The molecule has 67 heavy (non-hydrogen) atoms. The van der Waals surface area contributed by atoms with E-state index < -0.39 is 0 Å². The Morgan fingerprint density at radius 3 is 1.91 bits per heavy atom. The van der Waals surface area contributed by atoms with E-state index in [1.807, 2.05) is 6.20 Å². The average molecular weight is 881 g/mol. The fourth-order valence-corrected chi connectivity index (χ4v) is 9.84. The van der Waals surface area contributed by atoms with Crippen LogP contribution in [0.15, 0.2) is 151 Å². The van der Waals surface area contributed by atoms with Crippen LogP contribution in [0.4, 0.5) is 0 Å². The van der Waals surface area contributed by atoms with Crippen LogP contribution in [0.1, 0.15) is 111 Å². The second kappa shape index (κ2) is 15.6. The molecule has 0 unspecified atom stereocenters. The molecule has 5 aromatic carbocycles. The average Bonchev–Trinajstić information content (AvgIpc) is 3.66. The molecule has 7 heteroatoms. The molecule has 3 aliphatic heterocycles. The highest BCUT2D eigenvalue weighted by Crippen LogP contribution is 2.47. The molecule has 1 N–H and O–H groups in total. The maximum atomic E-state index is 12.7. The minimum Gasteiger partial charge on any atom is -0.507 e. The third-order valence-electron chi connectivity index (χ3n) is 13.6. The van der Waals surface area contributed by atoms with E-state index in [1.54, 1.807) is 0 Å². The van der Waals surface area contributed by atoms with E-state index in [0.717, 1.165) is 67.1 Å². The van der Waals surface area contributed by atoms with Gasteiger partial charge in [-0.05, 0) is 121 Å². The zero-order valence-electron chi connectivity index (χ0n) is 41.1. The molecule has 0 saturated carbocycles. The number of ether oxygens (including phenoxy) is 1. The minimum absolute atomic E-state index is 0.108. The van der Waals surface area contributed by atoms with Crippen molar-refractivity contribution in [3.63, 3.8) is 0 Å². The van der Waals surface area contributed by atoms with Crippen LogP contribution in [0.5, 0.6) is 11.6 Å². The molecule has 0 fully saturated rings. The van der Waals surface area contributed by atoms with Gasteiger partial charge in [-0.25, -0.2) is 4.98 Å². The third kappa shape index (κ3) is 7.72. The van der Waals surface area contributed by atoms with Crippen molar-refractivity contribution in [3.05, 3.63) is 179 Å². The zero-order valence-corrected chi connectivity index (χ0v) is 41.1. The summed E-state index contributed by atoms with van der Waals surface area (Å²) in [4.78, 5) is 13.1. The van der Waals surface area contributed by atoms with Gasteiger partial charge in [0.1, 0.15) is 5.75 Å². The van der Waals surface area contributed by atoms with E-state index in [2.05, 4.69) is 232 Å². The zero-order chi connectivity index (χ0) is 47.4. The molecule has 5 heterocycles. The van der Waals surface area contributed by atoms with Crippen molar-refractivity contribution in [1.29, 1.82) is 0 Å². The second-order valence-corrected chi connectivity index (χ2v) is 22.6. The molecule has 0 saturated heterocycles. The number of imidazole rings is 1. The lowest BCUT2D eigenvalue weighted by Crippen LogP contribution is -2.62. The molecule has 0 radical (unpaired) electrons. The Hall–Kier alpha value is -6.86. The van der Waals surface area contributed by atoms with Crippen molar-refractivity contribution in [2.24, 2.45) is 0 Å². The molecule has 0 atom stereocenters. The van der Waals surface area contributed by atoms with E-state index in [0.29, 0.717) is 23.2 Å². The van der Waals surface area contributed by atoms with E-state index >= 15 is 0 Å². The molecule has 0 amide bonds. The number of hydrogen-bond acceptors (Lipinski definition) is 5. The first-order valence-corrected chi connectivity index (χ1v) is 23.7. The summed E-state index contributed by atoms with van der Waals surface area (Å²) < 4.78 is 9.46. The number of benzene rings is 5. The van der Waals surface area contributed by atoms with Gasteiger partial charge in [-0.2, -0.15) is 0 Å². The summed E-state index contributed by atoms with van der Waals surface area (Å²) in [6.45, 7) is 26.4. The molecule has 0 spiro atoms. The maximum absolute atomic E-state index is 12.7. The van der Waals surface area contributed by atoms with E-state index in [9.17, 15) is 5.11 Å². The van der Waals surface area contributed by atoms with Gasteiger partial charge in [0, 0.05) is 28.6 Å². The van der Waals surface area contributed by atoms with Crippen LogP contribution in [0.25, 0.3) is 56.7 Å². The quantitative estimate of drug-likeness (QED) is 0.175. The van der Waals surface area contributed by atoms with Crippen LogP contribution in [0.2, 0.25) is 0 Å². The van der Waals surface area contributed by atoms with Crippen molar-refractivity contribution in [2.75, 3.05) is 0 Å². The van der Waals surface area contributed by atoms with Gasteiger partial charge < -0.3 is 14.7 Å². The SMILES string of the molecule is CC(C)(C)c1ccc(-n2c(-c3cc(C(C)(C)C)cc(C(C)(C)C)c3O)nc3c2OC2=CC=CC4=Cc5c(cc(-c6cc(-c7ccccc7)ccn6)cc5C(C)(C)C)B3N42)c(-c2ccccc2)c1. The Morgan fingerprint density at radius 2 is 1.25 bits per heavy atom. The van der Waals surface area contributed by atoms with Crippen LogP contribution in [0, 0.1) is 0 Å². The van der Waals surface area contributed by atoms with Gasteiger partial charge in [-0.1, -0.05) is 168 Å². The summed E-state index contributed by atoms with van der Waals surface area (Å²) in [7, 11) is 0. The van der Waals surface area contributed by atoms with Crippen LogP contribution in [0.3, 0.4) is 0 Å². The van der Waals surface area contributed by atoms with Crippen molar-refractivity contribution in [2.45, 2.75) is 105 Å². The smallest absolute Gasteiger partial charge is 0.358 e. The molecule has 0 bridgehead atoms. The third-order valence-corrected chi connectivity index (χ3v) is 13.6. The molecule has 10 rings (SSSR count). The summed E-state index contributed by atoms with van der Waals surface area (Å²) in [6.07, 6.45) is 10.5. The van der Waals surface area contributed by atoms with Crippen LogP contribution >= 0.6 is 0 Å². The van der Waals surface area contributed by atoms with Gasteiger partial charge in [0.25, 0.3) is 0 Å². The number of allylic oxidation sites excluding steroid dienone is 3. The monoisotopic (exact) mass is 880 g/mol. The van der Waals surface area contributed by atoms with Crippen LogP contribution in [-0.4, -0.2) is 31.3 Å². The molecule has 6 nitrogen and oxygen atoms in total. The lowest BCUT2D eigenvalue weighted by Gasteiger charge is -2.42. The van der Waals surface area contributed by atoms with Crippen molar-refractivity contribution >= 4 is 24.0 Å². The molecular formula is C60H61BN4O2. The van der Waals surface area contributed by atoms with Crippen LogP contribution in [-0.2, 0) is 21.7 Å². The highest BCUT2D eigenvalue weighted by molar-refractivity contribution is 6.85. The van der Waals surface area contributed by atoms with Crippen LogP contribution < -0.4 is 15.8 Å². The fourth-order valence-electron chi connectivity index (χ4n) is 9.84.